The van der Waals surface area contributed by atoms with Gasteiger partial charge < -0.3 is 9.47 Å². The van der Waals surface area contributed by atoms with Gasteiger partial charge in [-0.05, 0) is 53.6 Å². The summed E-state index contributed by atoms with van der Waals surface area (Å²) >= 11 is 2.16. The summed E-state index contributed by atoms with van der Waals surface area (Å²) in [7, 11) is 1.65. The number of alkyl halides is 1. The zero-order chi connectivity index (χ0) is 11.3. The Hall–Kier alpha value is -0.710. The fourth-order valence-corrected chi connectivity index (χ4v) is 1.68. The molecular weight excluding hydrogens is 303 g/mol. The highest BCUT2D eigenvalue weighted by molar-refractivity contribution is 14.1. The van der Waals surface area contributed by atoms with Gasteiger partial charge in [0.2, 0.25) is 0 Å². The van der Waals surface area contributed by atoms with Crippen LogP contribution in [0, 0.1) is 0 Å². The van der Waals surface area contributed by atoms with Crippen LogP contribution in [0.4, 0.5) is 0 Å². The predicted molar refractivity (Wildman–Crippen MR) is 71.0 cm³/mol. The molecule has 0 N–H and O–H groups in total. The zero-order valence-electron chi connectivity index (χ0n) is 9.05. The van der Waals surface area contributed by atoms with Gasteiger partial charge in [-0.15, -0.1) is 0 Å². The first-order chi connectivity index (χ1) is 7.17. The number of hydrogen-bond donors (Lipinski definition) is 0. The monoisotopic (exact) mass is 318 g/mol. The van der Waals surface area contributed by atoms with Gasteiger partial charge in [0.1, 0.15) is 4.61 Å². The standard InChI is InChI=1S/C12H15IO2/c1-9(2)6-10-4-5-11(15-8-13)12(7-10)14-3/h4-5,7H,1,6,8H2,2-3H3. The van der Waals surface area contributed by atoms with Gasteiger partial charge in [-0.3, -0.25) is 0 Å². The van der Waals surface area contributed by atoms with E-state index in [9.17, 15) is 0 Å². The van der Waals surface area contributed by atoms with Crippen LogP contribution in [0.5, 0.6) is 11.5 Å². The molecule has 2 nitrogen and oxygen atoms in total. The Morgan fingerprint density at radius 2 is 2.13 bits per heavy atom. The summed E-state index contributed by atoms with van der Waals surface area (Å²) in [6.45, 7) is 5.91. The molecule has 1 aromatic rings. The highest BCUT2D eigenvalue weighted by Gasteiger charge is 2.05. The highest BCUT2D eigenvalue weighted by atomic mass is 127. The second kappa shape index (κ2) is 6.00. The van der Waals surface area contributed by atoms with Crippen LogP contribution in [0.1, 0.15) is 12.5 Å². The van der Waals surface area contributed by atoms with Crippen molar-refractivity contribution < 1.29 is 9.47 Å². The van der Waals surface area contributed by atoms with Crippen molar-refractivity contribution in [3.8, 4) is 11.5 Å². The van der Waals surface area contributed by atoms with E-state index in [-0.39, 0.29) is 0 Å². The largest absolute Gasteiger partial charge is 0.493 e. The molecule has 0 aliphatic heterocycles. The van der Waals surface area contributed by atoms with Crippen molar-refractivity contribution in [2.45, 2.75) is 13.3 Å². The van der Waals surface area contributed by atoms with Gasteiger partial charge in [-0.2, -0.15) is 0 Å². The fraction of sp³-hybridized carbons (Fsp3) is 0.333. The maximum Gasteiger partial charge on any atom is 0.162 e. The summed E-state index contributed by atoms with van der Waals surface area (Å²) < 4.78 is 11.3. The topological polar surface area (TPSA) is 18.5 Å². The van der Waals surface area contributed by atoms with Gasteiger partial charge in [-0.1, -0.05) is 18.2 Å². The van der Waals surface area contributed by atoms with Gasteiger partial charge in [0.25, 0.3) is 0 Å². The molecule has 3 heteroatoms. The third kappa shape index (κ3) is 3.74. The normalized spacial score (nSPS) is 9.80. The SMILES string of the molecule is C=C(C)Cc1ccc(OCI)c(OC)c1. The Bertz CT molecular complexity index is 347. The summed E-state index contributed by atoms with van der Waals surface area (Å²) in [4.78, 5) is 0. The second-order valence-electron chi connectivity index (χ2n) is 3.37. The lowest BCUT2D eigenvalue weighted by molar-refractivity contribution is 0.349. The number of hydrogen-bond acceptors (Lipinski definition) is 2. The van der Waals surface area contributed by atoms with Crippen molar-refractivity contribution in [1.82, 2.24) is 0 Å². The lowest BCUT2D eigenvalue weighted by Crippen LogP contribution is -1.95. The van der Waals surface area contributed by atoms with Gasteiger partial charge in [0, 0.05) is 0 Å². The average molecular weight is 318 g/mol. The molecule has 0 aliphatic rings. The van der Waals surface area contributed by atoms with Crippen molar-refractivity contribution in [3.63, 3.8) is 0 Å². The van der Waals surface area contributed by atoms with Crippen LogP contribution in [-0.4, -0.2) is 11.7 Å². The molecule has 15 heavy (non-hydrogen) atoms. The van der Waals surface area contributed by atoms with E-state index >= 15 is 0 Å². The first-order valence-electron chi connectivity index (χ1n) is 4.67. The number of methoxy groups -OCH3 is 1. The minimum absolute atomic E-state index is 0.619. The Kier molecular flexibility index (Phi) is 4.94. The first-order valence-corrected chi connectivity index (χ1v) is 6.20. The fourth-order valence-electron chi connectivity index (χ4n) is 1.35. The Labute approximate surface area is 104 Å². The molecular formula is C12H15IO2. The van der Waals surface area contributed by atoms with Crippen LogP contribution >= 0.6 is 22.6 Å². The maximum absolute atomic E-state index is 5.43. The average Bonchev–Trinajstić information content (AvgIpc) is 2.20. The van der Waals surface area contributed by atoms with Gasteiger partial charge in [0.15, 0.2) is 11.5 Å². The second-order valence-corrected chi connectivity index (χ2v) is 4.00. The zero-order valence-corrected chi connectivity index (χ0v) is 11.2. The minimum atomic E-state index is 0.619. The molecule has 0 aliphatic carbocycles. The van der Waals surface area contributed by atoms with Crippen molar-refractivity contribution in [2.24, 2.45) is 0 Å². The molecule has 0 spiro atoms. The molecule has 0 heterocycles. The third-order valence-electron chi connectivity index (χ3n) is 1.94. The van der Waals surface area contributed by atoms with Crippen molar-refractivity contribution in [2.75, 3.05) is 11.7 Å². The number of allylic oxidation sites excluding steroid dienone is 1. The number of rotatable bonds is 5. The quantitative estimate of drug-likeness (QED) is 0.469. The van der Waals surface area contributed by atoms with E-state index in [2.05, 4.69) is 29.2 Å². The van der Waals surface area contributed by atoms with Gasteiger partial charge in [-0.25, -0.2) is 0 Å². The van der Waals surface area contributed by atoms with E-state index in [1.54, 1.807) is 7.11 Å². The third-order valence-corrected chi connectivity index (χ3v) is 2.26. The lowest BCUT2D eigenvalue weighted by Gasteiger charge is -2.10. The molecule has 0 radical (unpaired) electrons. The van der Waals surface area contributed by atoms with Crippen molar-refractivity contribution in [3.05, 3.63) is 35.9 Å². The predicted octanol–water partition coefficient (Wildman–Crippen LogP) is 3.59. The molecule has 0 bridgehead atoms. The molecule has 0 aromatic heterocycles. The van der Waals surface area contributed by atoms with Crippen LogP contribution in [0.2, 0.25) is 0 Å². The number of halogens is 1. The van der Waals surface area contributed by atoms with E-state index in [1.165, 1.54) is 5.56 Å². The first kappa shape index (κ1) is 12.4. The Morgan fingerprint density at radius 1 is 1.40 bits per heavy atom. The molecule has 82 valence electrons. The van der Waals surface area contributed by atoms with Crippen LogP contribution in [0.3, 0.4) is 0 Å². The summed E-state index contributed by atoms with van der Waals surface area (Å²) in [6, 6.07) is 5.98. The van der Waals surface area contributed by atoms with E-state index in [0.29, 0.717) is 4.61 Å². The van der Waals surface area contributed by atoms with E-state index in [1.807, 2.05) is 25.1 Å². The van der Waals surface area contributed by atoms with Gasteiger partial charge >= 0.3 is 0 Å². The van der Waals surface area contributed by atoms with E-state index in [0.717, 1.165) is 23.5 Å². The van der Waals surface area contributed by atoms with Crippen LogP contribution < -0.4 is 9.47 Å². The lowest BCUT2D eigenvalue weighted by atomic mass is 10.1. The van der Waals surface area contributed by atoms with E-state index < -0.39 is 0 Å². The van der Waals surface area contributed by atoms with Crippen LogP contribution in [0.25, 0.3) is 0 Å². The maximum atomic E-state index is 5.43. The molecule has 0 fully saturated rings. The summed E-state index contributed by atoms with van der Waals surface area (Å²) in [5, 5.41) is 0. The van der Waals surface area contributed by atoms with Crippen molar-refractivity contribution in [1.29, 1.82) is 0 Å². The molecule has 0 unspecified atom stereocenters. The number of ether oxygens (including phenoxy) is 2. The Morgan fingerprint density at radius 3 is 2.67 bits per heavy atom. The minimum Gasteiger partial charge on any atom is -0.493 e. The highest BCUT2D eigenvalue weighted by Crippen LogP contribution is 2.29. The molecule has 0 saturated heterocycles. The molecule has 1 rings (SSSR count). The molecule has 0 amide bonds. The van der Waals surface area contributed by atoms with Crippen LogP contribution in [-0.2, 0) is 6.42 Å². The molecule has 1 aromatic carbocycles. The van der Waals surface area contributed by atoms with Crippen molar-refractivity contribution >= 4 is 22.6 Å². The Balaban J connectivity index is 2.91. The molecule has 0 atom stereocenters. The summed E-state index contributed by atoms with van der Waals surface area (Å²) in [5.74, 6) is 1.57. The smallest absolute Gasteiger partial charge is 0.162 e. The number of benzene rings is 1. The van der Waals surface area contributed by atoms with Crippen LogP contribution in [0.15, 0.2) is 30.4 Å². The summed E-state index contributed by atoms with van der Waals surface area (Å²) in [6.07, 6.45) is 0.876. The summed E-state index contributed by atoms with van der Waals surface area (Å²) in [5.41, 5.74) is 2.33. The van der Waals surface area contributed by atoms with Gasteiger partial charge in [0.05, 0.1) is 7.11 Å². The molecule has 0 saturated carbocycles. The van der Waals surface area contributed by atoms with E-state index in [4.69, 9.17) is 9.47 Å².